The fraction of sp³-hybridized carbons (Fsp3) is 1.00. The van der Waals surface area contributed by atoms with E-state index in [4.69, 9.17) is 14.4 Å². The van der Waals surface area contributed by atoms with E-state index in [1.807, 2.05) is 0 Å². The average molecular weight is 373 g/mol. The third-order valence-corrected chi connectivity index (χ3v) is 4.03. The molecule has 1 fully saturated rings. The van der Waals surface area contributed by atoms with Crippen LogP contribution in [0, 0.1) is 5.92 Å². The lowest BCUT2D eigenvalue weighted by Crippen LogP contribution is -2.59. The number of halogens is 6. The van der Waals surface area contributed by atoms with Crippen molar-refractivity contribution in [3.8, 4) is 0 Å². The van der Waals surface area contributed by atoms with Crippen LogP contribution in [0.4, 0.5) is 26.3 Å². The Morgan fingerprint density at radius 3 is 1.87 bits per heavy atom. The van der Waals surface area contributed by atoms with Crippen molar-refractivity contribution in [2.45, 2.75) is 64.0 Å². The summed E-state index contributed by atoms with van der Waals surface area (Å²) in [5, 5.41) is 0. The monoisotopic (exact) mass is 373 g/mol. The minimum Gasteiger partial charge on any atom is -0.326 e. The van der Waals surface area contributed by atoms with Crippen molar-refractivity contribution >= 4 is 8.25 Å². The highest BCUT2D eigenvalue weighted by Gasteiger charge is 2.49. The van der Waals surface area contributed by atoms with Crippen LogP contribution in [0.3, 0.4) is 0 Å². The van der Waals surface area contributed by atoms with Crippen molar-refractivity contribution in [3.63, 3.8) is 0 Å². The summed E-state index contributed by atoms with van der Waals surface area (Å²) in [7, 11) is -3.13. The molecule has 0 bridgehead atoms. The third-order valence-electron chi connectivity index (χ3n) is 4.03. The molecule has 0 aromatic heterocycles. The Balaban J connectivity index is 0.00000108. The largest absolute Gasteiger partial charge is 0.401 e. The molecule has 2 unspecified atom stereocenters. The smallest absolute Gasteiger partial charge is 0.326 e. The summed E-state index contributed by atoms with van der Waals surface area (Å²) in [6.07, 6.45) is -9.10. The molecule has 0 aliphatic carbocycles. The van der Waals surface area contributed by atoms with Crippen molar-refractivity contribution in [1.29, 1.82) is 0 Å². The van der Waals surface area contributed by atoms with Gasteiger partial charge in [-0.2, -0.15) is 26.3 Å². The first-order valence-electron chi connectivity index (χ1n) is 6.88. The summed E-state index contributed by atoms with van der Waals surface area (Å²) in [5.74, 6) is -0.800. The Bertz CT molecular complexity index is 395. The maximum atomic E-state index is 12.6. The van der Waals surface area contributed by atoms with E-state index in [1.54, 1.807) is 6.92 Å². The summed E-state index contributed by atoms with van der Waals surface area (Å²) < 4.78 is 83.9. The molecule has 0 aromatic carbocycles. The second-order valence-electron chi connectivity index (χ2n) is 6.12. The zero-order valence-electron chi connectivity index (χ0n) is 13.0. The van der Waals surface area contributed by atoms with Gasteiger partial charge in [-0.1, -0.05) is 0 Å². The van der Waals surface area contributed by atoms with Gasteiger partial charge in [0.15, 0.2) is 0 Å². The minimum atomic E-state index is -4.40. The zero-order valence-corrected chi connectivity index (χ0v) is 14.0. The molecule has 0 saturated carbocycles. The van der Waals surface area contributed by atoms with E-state index < -0.39 is 45.0 Å². The first-order valence-corrected chi connectivity index (χ1v) is 8.18. The van der Waals surface area contributed by atoms with Crippen LogP contribution in [0.1, 0.15) is 40.0 Å². The second kappa shape index (κ2) is 8.18. The molecule has 0 spiro atoms. The average Bonchev–Trinajstić information content (AvgIpc) is 2.25. The van der Waals surface area contributed by atoms with Crippen molar-refractivity contribution < 1.29 is 40.7 Å². The Kier molecular flexibility index (Phi) is 8.07. The molecule has 2 atom stereocenters. The summed E-state index contributed by atoms with van der Waals surface area (Å²) in [4.78, 5) is 15.5. The first kappa shape index (κ1) is 22.7. The van der Waals surface area contributed by atoms with Gasteiger partial charge in [-0.05, 0) is 39.5 Å². The minimum absolute atomic E-state index is 0.308. The lowest BCUT2D eigenvalue weighted by Gasteiger charge is -2.52. The molecule has 1 heterocycles. The predicted molar refractivity (Wildman–Crippen MR) is 73.1 cm³/mol. The van der Waals surface area contributed by atoms with Crippen LogP contribution in [0.2, 0.25) is 0 Å². The van der Waals surface area contributed by atoms with Gasteiger partial charge in [-0.15, -0.1) is 0 Å². The molecule has 1 rings (SSSR count). The highest BCUT2D eigenvalue weighted by Crippen LogP contribution is 2.43. The molecule has 23 heavy (non-hydrogen) atoms. The number of hydrogen-bond donors (Lipinski definition) is 2. The Morgan fingerprint density at radius 2 is 1.52 bits per heavy atom. The van der Waals surface area contributed by atoms with E-state index >= 15 is 0 Å². The number of piperidine rings is 1. The van der Waals surface area contributed by atoms with E-state index in [-0.39, 0.29) is 6.04 Å². The van der Waals surface area contributed by atoms with Crippen LogP contribution < -0.4 is 0 Å². The van der Waals surface area contributed by atoms with Crippen LogP contribution in [-0.2, 0) is 4.57 Å². The van der Waals surface area contributed by atoms with Crippen molar-refractivity contribution in [2.75, 3.05) is 6.54 Å². The number of alkyl halides is 6. The highest BCUT2D eigenvalue weighted by molar-refractivity contribution is 7.30. The number of hydrogen-bond acceptors (Lipinski definition) is 2. The van der Waals surface area contributed by atoms with Crippen LogP contribution in [0.15, 0.2) is 0 Å². The van der Waals surface area contributed by atoms with Crippen molar-refractivity contribution in [3.05, 3.63) is 0 Å². The maximum Gasteiger partial charge on any atom is 0.401 e. The third kappa shape index (κ3) is 8.93. The van der Waals surface area contributed by atoms with Gasteiger partial charge in [0.25, 0.3) is 0 Å². The van der Waals surface area contributed by atoms with Gasteiger partial charge in [-0.25, -0.2) is 0 Å². The fourth-order valence-corrected chi connectivity index (χ4v) is 2.94. The van der Waals surface area contributed by atoms with E-state index in [1.165, 1.54) is 13.8 Å². The lowest BCUT2D eigenvalue weighted by atomic mass is 9.75. The molecule has 0 radical (unpaired) electrons. The normalized spacial score (nSPS) is 25.9. The van der Waals surface area contributed by atoms with Gasteiger partial charge in [0.1, 0.15) is 0 Å². The van der Waals surface area contributed by atoms with Gasteiger partial charge in [0.2, 0.25) is 0 Å². The number of rotatable bonds is 2. The summed E-state index contributed by atoms with van der Waals surface area (Å²) >= 11 is 0. The van der Waals surface area contributed by atoms with E-state index in [9.17, 15) is 26.3 Å². The Labute approximate surface area is 131 Å². The van der Waals surface area contributed by atoms with Crippen LogP contribution in [0.5, 0.6) is 0 Å². The summed E-state index contributed by atoms with van der Waals surface area (Å²) in [6.45, 7) is 3.43. The quantitative estimate of drug-likeness (QED) is 0.572. The number of likely N-dealkylation sites (tertiary alicyclic amines) is 1. The molecular weight excluding hydrogens is 351 g/mol. The van der Waals surface area contributed by atoms with E-state index in [0.717, 1.165) is 4.90 Å². The van der Waals surface area contributed by atoms with Gasteiger partial charge >= 0.3 is 20.6 Å². The van der Waals surface area contributed by atoms with E-state index in [0.29, 0.717) is 12.8 Å². The zero-order chi connectivity index (χ0) is 18.6. The van der Waals surface area contributed by atoms with Crippen LogP contribution >= 0.6 is 8.25 Å². The molecule has 1 aliphatic heterocycles. The lowest BCUT2D eigenvalue weighted by molar-refractivity contribution is -0.192. The predicted octanol–water partition coefficient (Wildman–Crippen LogP) is 3.74. The first-order chi connectivity index (χ1) is 10.1. The standard InChI is InChI=1S/C12H19F6N.H3O3P/c1-8-4-5-9(6-11(13,14)15)10(2,3)19(8)7-12(16,17)18;1-4(2)3/h8-9H,4-7H2,1-3H3;4H,(H2,1,2,3). The van der Waals surface area contributed by atoms with Gasteiger partial charge in [0, 0.05) is 18.0 Å². The van der Waals surface area contributed by atoms with Crippen LogP contribution in [-0.4, -0.2) is 45.2 Å². The second-order valence-corrected chi connectivity index (χ2v) is 6.69. The van der Waals surface area contributed by atoms with E-state index in [2.05, 4.69) is 0 Å². The molecule has 0 amide bonds. The van der Waals surface area contributed by atoms with Gasteiger partial charge in [-0.3, -0.25) is 9.46 Å². The fourth-order valence-electron chi connectivity index (χ4n) is 2.94. The van der Waals surface area contributed by atoms with Gasteiger partial charge < -0.3 is 9.79 Å². The molecule has 140 valence electrons. The summed E-state index contributed by atoms with van der Waals surface area (Å²) in [5.41, 5.74) is -1.11. The maximum absolute atomic E-state index is 12.6. The number of nitrogens with zero attached hydrogens (tertiary/aromatic N) is 1. The molecule has 1 saturated heterocycles. The summed E-state index contributed by atoms with van der Waals surface area (Å²) in [6, 6.07) is -0.360. The SMILES string of the molecule is CC1CCC(CC(F)(F)F)C(C)(C)N1CC(F)(F)F.O=[PH](O)O. The topological polar surface area (TPSA) is 60.8 Å². The highest BCUT2D eigenvalue weighted by atomic mass is 31.1. The molecule has 2 N–H and O–H groups in total. The van der Waals surface area contributed by atoms with Crippen molar-refractivity contribution in [1.82, 2.24) is 4.90 Å². The molecule has 0 aromatic rings. The van der Waals surface area contributed by atoms with Crippen molar-refractivity contribution in [2.24, 2.45) is 5.92 Å². The van der Waals surface area contributed by atoms with Crippen LogP contribution in [0.25, 0.3) is 0 Å². The molecule has 11 heteroatoms. The Hall–Kier alpha value is -0.310. The Morgan fingerprint density at radius 1 is 1.09 bits per heavy atom. The molecule has 4 nitrogen and oxygen atoms in total. The molecular formula is C12H22F6NO3P. The molecule has 1 aliphatic rings. The van der Waals surface area contributed by atoms with Gasteiger partial charge in [0.05, 0.1) is 6.54 Å².